The Balaban J connectivity index is 4.12. The summed E-state index contributed by atoms with van der Waals surface area (Å²) in [7, 11) is 0. The molecule has 0 saturated carbocycles. The maximum atomic E-state index is 5.91. The third-order valence-electron chi connectivity index (χ3n) is 2.93. The second kappa shape index (κ2) is 10.7. The molecule has 0 radical (unpaired) electrons. The number of nitrogens with two attached hydrogens (primary N) is 1. The zero-order valence-electron chi connectivity index (χ0n) is 12.5. The molecule has 2 N–H and O–H groups in total. The molecule has 0 aliphatic rings. The molecular weight excluding hydrogens is 230 g/mol. The van der Waals surface area contributed by atoms with E-state index in [0.717, 1.165) is 32.1 Å². The summed E-state index contributed by atoms with van der Waals surface area (Å²) in [4.78, 5) is 0. The fourth-order valence-corrected chi connectivity index (χ4v) is 1.95. The summed E-state index contributed by atoms with van der Waals surface area (Å²) in [6, 6.07) is 0.311. The minimum atomic E-state index is -0.853. The van der Waals surface area contributed by atoms with Crippen molar-refractivity contribution in [2.45, 2.75) is 71.8 Å². The summed E-state index contributed by atoms with van der Waals surface area (Å²) < 4.78 is 17.0. The van der Waals surface area contributed by atoms with Crippen LogP contribution >= 0.6 is 0 Å². The van der Waals surface area contributed by atoms with Crippen LogP contribution in [0, 0.1) is 0 Å². The first kappa shape index (κ1) is 17.8. The maximum Gasteiger partial charge on any atom is 0.282 e. The molecule has 1 atom stereocenters. The fraction of sp³-hybridized carbons (Fsp3) is 1.00. The van der Waals surface area contributed by atoms with Crippen LogP contribution in [0.3, 0.4) is 0 Å². The van der Waals surface area contributed by atoms with Gasteiger partial charge in [-0.1, -0.05) is 13.3 Å². The van der Waals surface area contributed by atoms with Crippen molar-refractivity contribution in [2.75, 3.05) is 19.8 Å². The molecule has 1 unspecified atom stereocenters. The lowest BCUT2D eigenvalue weighted by Crippen LogP contribution is -2.39. The molecule has 0 saturated heterocycles. The van der Waals surface area contributed by atoms with Crippen molar-refractivity contribution in [3.8, 4) is 0 Å². The van der Waals surface area contributed by atoms with E-state index in [4.69, 9.17) is 19.9 Å². The molecule has 0 spiro atoms. The average Bonchev–Trinajstić information content (AvgIpc) is 2.35. The van der Waals surface area contributed by atoms with Crippen molar-refractivity contribution in [2.24, 2.45) is 5.73 Å². The van der Waals surface area contributed by atoms with E-state index >= 15 is 0 Å². The normalized spacial score (nSPS) is 13.8. The van der Waals surface area contributed by atoms with Gasteiger partial charge in [0.05, 0.1) is 0 Å². The topological polar surface area (TPSA) is 53.7 Å². The molecule has 0 bridgehead atoms. The van der Waals surface area contributed by atoms with Crippen LogP contribution in [0.15, 0.2) is 0 Å². The first-order valence-corrected chi connectivity index (χ1v) is 7.31. The third kappa shape index (κ3) is 7.31. The number of hydrogen-bond acceptors (Lipinski definition) is 4. The van der Waals surface area contributed by atoms with Gasteiger partial charge in [0.25, 0.3) is 5.97 Å². The first-order valence-electron chi connectivity index (χ1n) is 7.31. The average molecular weight is 261 g/mol. The summed E-state index contributed by atoms with van der Waals surface area (Å²) in [6.45, 7) is 9.77. The van der Waals surface area contributed by atoms with Crippen molar-refractivity contribution in [1.29, 1.82) is 0 Å². The standard InChI is InChI=1S/C14H31NO3/c1-5-13(15)11-9-10-12-14(16-6-2,17-7-3)18-8-4/h13H,5-12,15H2,1-4H3. The molecule has 4 nitrogen and oxygen atoms in total. The highest BCUT2D eigenvalue weighted by atomic mass is 16.9. The van der Waals surface area contributed by atoms with Crippen molar-refractivity contribution in [3.05, 3.63) is 0 Å². The van der Waals surface area contributed by atoms with Gasteiger partial charge in [0, 0.05) is 32.3 Å². The highest BCUT2D eigenvalue weighted by Crippen LogP contribution is 2.23. The SMILES string of the molecule is CCOC(CCCCC(N)CC)(OCC)OCC. The van der Waals surface area contributed by atoms with Crippen molar-refractivity contribution in [3.63, 3.8) is 0 Å². The Morgan fingerprint density at radius 1 is 0.889 bits per heavy atom. The Morgan fingerprint density at radius 3 is 1.78 bits per heavy atom. The molecule has 0 heterocycles. The smallest absolute Gasteiger partial charge is 0.282 e. The van der Waals surface area contributed by atoms with Crippen LogP contribution in [-0.2, 0) is 14.2 Å². The molecule has 0 aliphatic carbocycles. The van der Waals surface area contributed by atoms with Crippen LogP contribution in [0.25, 0.3) is 0 Å². The molecule has 0 aliphatic heterocycles. The summed E-state index contributed by atoms with van der Waals surface area (Å²) in [5.74, 6) is -0.853. The molecule has 0 aromatic carbocycles. The van der Waals surface area contributed by atoms with E-state index in [0.29, 0.717) is 25.9 Å². The van der Waals surface area contributed by atoms with E-state index in [1.54, 1.807) is 0 Å². The van der Waals surface area contributed by atoms with Gasteiger partial charge in [0.2, 0.25) is 0 Å². The van der Waals surface area contributed by atoms with Crippen molar-refractivity contribution < 1.29 is 14.2 Å². The monoisotopic (exact) mass is 261 g/mol. The summed E-state index contributed by atoms with van der Waals surface area (Å²) in [6.07, 6.45) is 4.95. The molecule has 110 valence electrons. The van der Waals surface area contributed by atoms with Gasteiger partial charge in [-0.2, -0.15) is 0 Å². The highest BCUT2D eigenvalue weighted by Gasteiger charge is 2.31. The molecule has 0 amide bonds. The van der Waals surface area contributed by atoms with Crippen LogP contribution in [0.2, 0.25) is 0 Å². The Morgan fingerprint density at radius 2 is 1.39 bits per heavy atom. The lowest BCUT2D eigenvalue weighted by atomic mass is 10.1. The van der Waals surface area contributed by atoms with Gasteiger partial charge >= 0.3 is 0 Å². The predicted octanol–water partition coefficient (Wildman–Crippen LogP) is 3.05. The fourth-order valence-electron chi connectivity index (χ4n) is 1.95. The van der Waals surface area contributed by atoms with Crippen molar-refractivity contribution in [1.82, 2.24) is 0 Å². The van der Waals surface area contributed by atoms with Crippen molar-refractivity contribution >= 4 is 0 Å². The largest absolute Gasteiger partial charge is 0.328 e. The van der Waals surface area contributed by atoms with Crippen LogP contribution in [0.1, 0.15) is 59.8 Å². The van der Waals surface area contributed by atoms with Gasteiger partial charge in [0.15, 0.2) is 0 Å². The second-order valence-corrected chi connectivity index (χ2v) is 4.40. The minimum Gasteiger partial charge on any atom is -0.328 e. The van der Waals surface area contributed by atoms with Crippen LogP contribution in [0.5, 0.6) is 0 Å². The molecule has 0 rings (SSSR count). The van der Waals surface area contributed by atoms with Gasteiger partial charge in [-0.25, -0.2) is 0 Å². The molecule has 0 fully saturated rings. The van der Waals surface area contributed by atoms with Gasteiger partial charge in [0.1, 0.15) is 0 Å². The quantitative estimate of drug-likeness (QED) is 0.433. The van der Waals surface area contributed by atoms with E-state index < -0.39 is 5.97 Å². The zero-order chi connectivity index (χ0) is 13.9. The molecule has 4 heteroatoms. The second-order valence-electron chi connectivity index (χ2n) is 4.40. The van der Waals surface area contributed by atoms with E-state index in [1.807, 2.05) is 20.8 Å². The van der Waals surface area contributed by atoms with E-state index in [2.05, 4.69) is 6.92 Å². The lowest BCUT2D eigenvalue weighted by Gasteiger charge is -2.32. The lowest BCUT2D eigenvalue weighted by molar-refractivity contribution is -0.380. The van der Waals surface area contributed by atoms with E-state index in [1.165, 1.54) is 0 Å². The maximum absolute atomic E-state index is 5.91. The molecule has 18 heavy (non-hydrogen) atoms. The Bertz CT molecular complexity index is 171. The zero-order valence-corrected chi connectivity index (χ0v) is 12.5. The van der Waals surface area contributed by atoms with E-state index in [-0.39, 0.29) is 0 Å². The number of ether oxygens (including phenoxy) is 3. The number of rotatable bonds is 12. The molecular formula is C14H31NO3. The summed E-state index contributed by atoms with van der Waals surface area (Å²) in [5.41, 5.74) is 5.91. The van der Waals surface area contributed by atoms with Gasteiger partial charge in [-0.05, 0) is 40.0 Å². The van der Waals surface area contributed by atoms with Crippen LogP contribution in [-0.4, -0.2) is 31.8 Å². The number of unbranched alkanes of at least 4 members (excludes halogenated alkanes) is 1. The van der Waals surface area contributed by atoms with Gasteiger partial charge in [-0.15, -0.1) is 0 Å². The summed E-state index contributed by atoms with van der Waals surface area (Å²) >= 11 is 0. The van der Waals surface area contributed by atoms with Crippen LogP contribution < -0.4 is 5.73 Å². The van der Waals surface area contributed by atoms with Gasteiger partial charge < -0.3 is 19.9 Å². The predicted molar refractivity (Wildman–Crippen MR) is 74.3 cm³/mol. The Hall–Kier alpha value is -0.160. The Kier molecular flexibility index (Phi) is 10.6. The third-order valence-corrected chi connectivity index (χ3v) is 2.93. The minimum absolute atomic E-state index is 0.311. The number of hydrogen-bond donors (Lipinski definition) is 1. The highest BCUT2D eigenvalue weighted by molar-refractivity contribution is 4.62. The van der Waals surface area contributed by atoms with E-state index in [9.17, 15) is 0 Å². The van der Waals surface area contributed by atoms with Gasteiger partial charge in [-0.3, -0.25) is 0 Å². The Labute approximate surface area is 112 Å². The molecule has 0 aromatic rings. The molecule has 0 aromatic heterocycles. The van der Waals surface area contributed by atoms with Crippen LogP contribution in [0.4, 0.5) is 0 Å². The summed E-state index contributed by atoms with van der Waals surface area (Å²) in [5, 5.41) is 0. The first-order chi connectivity index (χ1) is 8.64.